The van der Waals surface area contributed by atoms with Gasteiger partial charge >= 0.3 is 0 Å². The highest BCUT2D eigenvalue weighted by molar-refractivity contribution is 9.10. The molecule has 3 nitrogen and oxygen atoms in total. The van der Waals surface area contributed by atoms with Gasteiger partial charge in [-0.3, -0.25) is 0 Å². The molecule has 0 unspecified atom stereocenters. The fourth-order valence-electron chi connectivity index (χ4n) is 3.70. The van der Waals surface area contributed by atoms with Crippen LogP contribution in [0.4, 0.5) is 0 Å². The first kappa shape index (κ1) is 13.2. The molecule has 108 valence electrons. The predicted octanol–water partition coefficient (Wildman–Crippen LogP) is 3.41. The average molecular weight is 346 g/mol. The number of benzene rings is 2. The van der Waals surface area contributed by atoms with Gasteiger partial charge in [-0.1, -0.05) is 6.07 Å². The van der Waals surface area contributed by atoms with Gasteiger partial charge in [-0.25, -0.2) is 0 Å². The minimum absolute atomic E-state index is 0.198. The Hall–Kier alpha value is -1.52. The van der Waals surface area contributed by atoms with Gasteiger partial charge in [-0.15, -0.1) is 0 Å². The predicted molar refractivity (Wildman–Crippen MR) is 84.7 cm³/mol. The van der Waals surface area contributed by atoms with Gasteiger partial charge < -0.3 is 15.5 Å². The molecule has 4 heteroatoms. The van der Waals surface area contributed by atoms with Gasteiger partial charge in [0.25, 0.3) is 0 Å². The Bertz CT molecular complexity index is 729. The molecule has 0 radical (unpaired) electrons. The van der Waals surface area contributed by atoms with Gasteiger partial charge in [-0.05, 0) is 75.3 Å². The van der Waals surface area contributed by atoms with Crippen molar-refractivity contribution >= 4 is 15.9 Å². The highest BCUT2D eigenvalue weighted by atomic mass is 79.9. The second-order valence-electron chi connectivity index (χ2n) is 5.89. The van der Waals surface area contributed by atoms with Crippen LogP contribution in [0.5, 0.6) is 11.5 Å². The fourth-order valence-corrected chi connectivity index (χ4v) is 4.09. The quantitative estimate of drug-likeness (QED) is 0.685. The van der Waals surface area contributed by atoms with Gasteiger partial charge in [0.1, 0.15) is 11.5 Å². The lowest BCUT2D eigenvalue weighted by molar-refractivity contribution is 0.388. The average Bonchev–Trinajstić information content (AvgIpc) is 2.48. The van der Waals surface area contributed by atoms with Crippen LogP contribution < -0.4 is 5.32 Å². The summed E-state index contributed by atoms with van der Waals surface area (Å²) in [6.07, 6.45) is 2.08. The highest BCUT2D eigenvalue weighted by Crippen LogP contribution is 2.44. The summed E-state index contributed by atoms with van der Waals surface area (Å²) in [4.78, 5) is 0. The van der Waals surface area contributed by atoms with Crippen LogP contribution in [0.2, 0.25) is 0 Å². The van der Waals surface area contributed by atoms with Gasteiger partial charge in [0.15, 0.2) is 0 Å². The molecule has 0 bridgehead atoms. The third-order valence-electron chi connectivity index (χ3n) is 4.69. The van der Waals surface area contributed by atoms with E-state index < -0.39 is 0 Å². The monoisotopic (exact) mass is 345 g/mol. The molecule has 2 atom stereocenters. The lowest BCUT2D eigenvalue weighted by atomic mass is 9.72. The van der Waals surface area contributed by atoms with Crippen LogP contribution in [0.15, 0.2) is 34.8 Å². The summed E-state index contributed by atoms with van der Waals surface area (Å²) in [5.41, 5.74) is 4.86. The maximum atomic E-state index is 10.1. The SMILES string of the molecule is Oc1ccc2c(c1)[C@@H]1c3cc(O)c(Br)cc3CC[C@H]1NC2. The minimum atomic E-state index is 0.198. The molecule has 21 heavy (non-hydrogen) atoms. The van der Waals surface area contributed by atoms with Gasteiger partial charge in [-0.2, -0.15) is 0 Å². The Kier molecular flexibility index (Phi) is 2.98. The molecule has 3 N–H and O–H groups in total. The van der Waals surface area contributed by atoms with Gasteiger partial charge in [0.2, 0.25) is 0 Å². The van der Waals surface area contributed by atoms with Crippen molar-refractivity contribution in [1.29, 1.82) is 0 Å². The number of hydrogen-bond acceptors (Lipinski definition) is 3. The molecule has 1 aliphatic carbocycles. The van der Waals surface area contributed by atoms with E-state index in [4.69, 9.17) is 0 Å². The molecular weight excluding hydrogens is 330 g/mol. The molecule has 0 fully saturated rings. The number of aromatic hydroxyl groups is 2. The van der Waals surface area contributed by atoms with Crippen molar-refractivity contribution in [3.05, 3.63) is 57.1 Å². The van der Waals surface area contributed by atoms with Gasteiger partial charge in [0.05, 0.1) is 4.47 Å². The number of rotatable bonds is 0. The highest BCUT2D eigenvalue weighted by Gasteiger charge is 2.35. The van der Waals surface area contributed by atoms with E-state index in [9.17, 15) is 10.2 Å². The lowest BCUT2D eigenvalue weighted by Gasteiger charge is -2.39. The molecule has 1 heterocycles. The smallest absolute Gasteiger partial charge is 0.130 e. The molecule has 2 aromatic rings. The Labute approximate surface area is 131 Å². The molecule has 4 rings (SSSR count). The molecule has 0 aromatic heterocycles. The van der Waals surface area contributed by atoms with Crippen molar-refractivity contribution in [2.75, 3.05) is 0 Å². The van der Waals surface area contributed by atoms with Crippen LogP contribution in [-0.4, -0.2) is 16.3 Å². The molecule has 0 spiro atoms. The van der Waals surface area contributed by atoms with Crippen LogP contribution in [0, 0.1) is 0 Å². The number of halogens is 1. The second-order valence-corrected chi connectivity index (χ2v) is 6.74. The Morgan fingerprint density at radius 1 is 1.05 bits per heavy atom. The third-order valence-corrected chi connectivity index (χ3v) is 5.33. The van der Waals surface area contributed by atoms with E-state index in [2.05, 4.69) is 21.2 Å². The maximum absolute atomic E-state index is 10.1. The second kappa shape index (κ2) is 4.75. The van der Waals surface area contributed by atoms with Crippen molar-refractivity contribution in [3.8, 4) is 11.5 Å². The van der Waals surface area contributed by atoms with E-state index in [0.29, 0.717) is 11.8 Å². The number of nitrogens with one attached hydrogen (secondary N) is 1. The van der Waals surface area contributed by atoms with Crippen LogP contribution in [0.1, 0.15) is 34.6 Å². The number of hydrogen-bond donors (Lipinski definition) is 3. The molecule has 2 aromatic carbocycles. The summed E-state index contributed by atoms with van der Waals surface area (Å²) in [7, 11) is 0. The summed E-state index contributed by atoms with van der Waals surface area (Å²) >= 11 is 3.40. The Morgan fingerprint density at radius 3 is 2.71 bits per heavy atom. The van der Waals surface area contributed by atoms with Crippen molar-refractivity contribution in [2.24, 2.45) is 0 Å². The summed E-state index contributed by atoms with van der Waals surface area (Å²) < 4.78 is 0.750. The molecule has 0 saturated heterocycles. The third kappa shape index (κ3) is 2.05. The standard InChI is InChI=1S/C17H16BrNO2/c18-14-5-9-2-4-15-17(13(9)7-16(14)21)12-6-11(20)3-1-10(12)8-19-15/h1,3,5-7,15,17,19-21H,2,4,8H2/t15-,17-/m1/s1. The topological polar surface area (TPSA) is 52.5 Å². The summed E-state index contributed by atoms with van der Waals surface area (Å²) in [6, 6.07) is 9.87. The van der Waals surface area contributed by atoms with Crippen LogP contribution in [-0.2, 0) is 13.0 Å². The lowest BCUT2D eigenvalue weighted by Crippen LogP contribution is -2.42. The molecule has 1 aliphatic heterocycles. The number of phenols is 2. The van der Waals surface area contributed by atoms with Crippen molar-refractivity contribution in [1.82, 2.24) is 5.32 Å². The van der Waals surface area contributed by atoms with Crippen LogP contribution >= 0.6 is 15.9 Å². The molecule has 0 saturated carbocycles. The Balaban J connectivity index is 1.92. The minimum Gasteiger partial charge on any atom is -0.508 e. The molecule has 2 aliphatic rings. The zero-order valence-corrected chi connectivity index (χ0v) is 13.0. The van der Waals surface area contributed by atoms with E-state index in [-0.39, 0.29) is 11.7 Å². The first-order chi connectivity index (χ1) is 10.1. The first-order valence-electron chi connectivity index (χ1n) is 7.20. The Morgan fingerprint density at radius 2 is 1.86 bits per heavy atom. The summed E-state index contributed by atoms with van der Waals surface area (Å²) in [6.45, 7) is 0.842. The van der Waals surface area contributed by atoms with Crippen LogP contribution in [0.3, 0.4) is 0 Å². The summed E-state index contributed by atoms with van der Waals surface area (Å²) in [5.74, 6) is 0.785. The van der Waals surface area contributed by atoms with E-state index >= 15 is 0 Å². The van der Waals surface area contributed by atoms with Crippen molar-refractivity contribution in [3.63, 3.8) is 0 Å². The fraction of sp³-hybridized carbons (Fsp3) is 0.294. The first-order valence-corrected chi connectivity index (χ1v) is 7.99. The van der Waals surface area contributed by atoms with E-state index in [0.717, 1.165) is 23.9 Å². The van der Waals surface area contributed by atoms with E-state index in [1.54, 1.807) is 6.07 Å². The maximum Gasteiger partial charge on any atom is 0.130 e. The zero-order valence-electron chi connectivity index (χ0n) is 11.4. The number of aryl methyl sites for hydroxylation is 1. The van der Waals surface area contributed by atoms with E-state index in [1.807, 2.05) is 24.3 Å². The number of fused-ring (bicyclic) bond motifs is 5. The zero-order chi connectivity index (χ0) is 14.6. The molecular formula is C17H16BrNO2. The van der Waals surface area contributed by atoms with Crippen molar-refractivity contribution < 1.29 is 10.2 Å². The largest absolute Gasteiger partial charge is 0.508 e. The van der Waals surface area contributed by atoms with E-state index in [1.165, 1.54) is 22.3 Å². The molecule has 0 amide bonds. The van der Waals surface area contributed by atoms with Crippen LogP contribution in [0.25, 0.3) is 0 Å². The number of phenolic OH excluding ortho intramolecular Hbond substituents is 2. The summed E-state index contributed by atoms with van der Waals surface area (Å²) in [5, 5.41) is 23.5. The van der Waals surface area contributed by atoms with Gasteiger partial charge in [0, 0.05) is 18.5 Å². The van der Waals surface area contributed by atoms with Crippen molar-refractivity contribution in [2.45, 2.75) is 31.3 Å². The normalized spacial score (nSPS) is 23.1.